The first-order chi connectivity index (χ1) is 27.3. The Morgan fingerprint density at radius 1 is 0.621 bits per heavy atom. The fraction of sp³-hybridized carbons (Fsp3) is 0.500. The van der Waals surface area contributed by atoms with Gasteiger partial charge in [-0.2, -0.15) is 0 Å². The third kappa shape index (κ3) is 9.05. The van der Waals surface area contributed by atoms with Crippen molar-refractivity contribution in [3.63, 3.8) is 0 Å². The van der Waals surface area contributed by atoms with Crippen molar-refractivity contribution < 1.29 is 28.7 Å². The second-order valence-electron chi connectivity index (χ2n) is 18.3. The van der Waals surface area contributed by atoms with Gasteiger partial charge in [0.15, 0.2) is 0 Å². The van der Waals surface area contributed by atoms with E-state index >= 15 is 0 Å². The Hall–Kier alpha value is -5.66. The zero-order valence-electron chi connectivity index (χ0n) is 35.4. The summed E-state index contributed by atoms with van der Waals surface area (Å²) in [6, 6.07) is 15.7. The Labute approximate surface area is 340 Å². The average Bonchev–Trinajstić information content (AvgIpc) is 4.04. The number of carbonyl (C=O) groups is 4. The van der Waals surface area contributed by atoms with Gasteiger partial charge < -0.3 is 39.9 Å². The van der Waals surface area contributed by atoms with Crippen molar-refractivity contribution in [2.45, 2.75) is 79.3 Å². The minimum atomic E-state index is -0.627. The van der Waals surface area contributed by atoms with E-state index in [1.807, 2.05) is 0 Å². The number of aromatic amines is 2. The summed E-state index contributed by atoms with van der Waals surface area (Å²) in [7, 11) is 5.96. The monoisotopic (exact) mass is 794 g/mol. The number of hydrogen-bond donors (Lipinski definition) is 4. The van der Waals surface area contributed by atoms with Crippen LogP contribution in [0.1, 0.15) is 91.0 Å². The van der Waals surface area contributed by atoms with Crippen LogP contribution in [-0.2, 0) is 19.1 Å². The number of carbonyl (C=O) groups excluding carboxylic acids is 4. The molecule has 2 atom stereocenters. The zero-order chi connectivity index (χ0) is 42.2. The van der Waals surface area contributed by atoms with Crippen LogP contribution in [0.15, 0.2) is 60.9 Å². The second kappa shape index (κ2) is 15.9. The van der Waals surface area contributed by atoms with Gasteiger partial charge in [0.1, 0.15) is 11.6 Å². The molecule has 2 aromatic heterocycles. The van der Waals surface area contributed by atoms with Crippen LogP contribution in [-0.4, -0.2) is 95.1 Å². The molecule has 2 fully saturated rings. The Kier molecular flexibility index (Phi) is 11.5. The van der Waals surface area contributed by atoms with E-state index in [4.69, 9.17) is 19.4 Å². The molecule has 58 heavy (non-hydrogen) atoms. The van der Waals surface area contributed by atoms with Crippen molar-refractivity contribution in [1.29, 1.82) is 0 Å². The van der Waals surface area contributed by atoms with Crippen molar-refractivity contribution in [2.24, 2.45) is 21.7 Å². The highest BCUT2D eigenvalue weighted by Gasteiger charge is 2.53. The van der Waals surface area contributed by atoms with Gasteiger partial charge in [-0.3, -0.25) is 9.59 Å². The molecular formula is C44H58N8O6. The van der Waals surface area contributed by atoms with Gasteiger partial charge >= 0.3 is 12.2 Å². The molecule has 2 heterocycles. The standard InChI is InChI=1S/C44H58N8O6/c1-41(2,3)33(49-37(53)43(19-20-43)25-51(7)39(55)57-9)35-45-23-31(47-35)29-15-11-27(12-16-29)28-13-17-30(18-14-28)32-24-46-36(48-32)34(42(4,5)6)50-38(54)44(21-22-44)26-52(8)40(56)58-10/h11-18,23-24,33-34H,19-22,25-26H2,1-10H3,(H,45,47)(H,46,48)(H,49,53)(H,50,54)/t33-,34-/m1/s1. The molecule has 2 aliphatic carbocycles. The summed E-state index contributed by atoms with van der Waals surface area (Å²) >= 11 is 0. The lowest BCUT2D eigenvalue weighted by Crippen LogP contribution is -2.45. The average molecular weight is 795 g/mol. The molecule has 0 unspecified atom stereocenters. The highest BCUT2D eigenvalue weighted by Crippen LogP contribution is 2.49. The number of amides is 4. The molecule has 2 aliphatic rings. The molecule has 0 bridgehead atoms. The molecule has 6 rings (SSSR count). The minimum absolute atomic E-state index is 0.0905. The summed E-state index contributed by atoms with van der Waals surface area (Å²) in [6.45, 7) is 13.0. The summed E-state index contributed by atoms with van der Waals surface area (Å²) in [5, 5.41) is 6.48. The van der Waals surface area contributed by atoms with Crippen LogP contribution < -0.4 is 10.6 Å². The Morgan fingerprint density at radius 2 is 0.931 bits per heavy atom. The summed E-state index contributed by atoms with van der Waals surface area (Å²) in [4.78, 5) is 70.4. The van der Waals surface area contributed by atoms with E-state index in [9.17, 15) is 19.2 Å². The first-order valence-corrected chi connectivity index (χ1v) is 19.8. The lowest BCUT2D eigenvalue weighted by Gasteiger charge is -2.32. The van der Waals surface area contributed by atoms with Crippen LogP contribution in [0.5, 0.6) is 0 Å². The predicted molar refractivity (Wildman–Crippen MR) is 221 cm³/mol. The topological polar surface area (TPSA) is 175 Å². The molecule has 4 N–H and O–H groups in total. The molecule has 4 aromatic rings. The third-order valence-electron chi connectivity index (χ3n) is 11.5. The van der Waals surface area contributed by atoms with Crippen molar-refractivity contribution in [1.82, 2.24) is 40.4 Å². The maximum atomic E-state index is 13.6. The van der Waals surface area contributed by atoms with Crippen molar-refractivity contribution >= 4 is 24.0 Å². The van der Waals surface area contributed by atoms with E-state index in [-0.39, 0.29) is 34.7 Å². The molecule has 4 amide bonds. The Balaban J connectivity index is 1.11. The van der Waals surface area contributed by atoms with Gasteiger partial charge in [0.25, 0.3) is 0 Å². The number of aromatic nitrogens is 4. The van der Waals surface area contributed by atoms with Crippen molar-refractivity contribution in [3.8, 4) is 33.6 Å². The van der Waals surface area contributed by atoms with Gasteiger partial charge in [-0.15, -0.1) is 0 Å². The van der Waals surface area contributed by atoms with Gasteiger partial charge in [0.2, 0.25) is 11.8 Å². The van der Waals surface area contributed by atoms with E-state index in [1.165, 1.54) is 24.0 Å². The summed E-state index contributed by atoms with van der Waals surface area (Å²) in [5.74, 6) is 1.15. The molecule has 0 radical (unpaired) electrons. The largest absolute Gasteiger partial charge is 0.453 e. The lowest BCUT2D eigenvalue weighted by molar-refractivity contribution is -0.129. The fourth-order valence-corrected chi connectivity index (χ4v) is 7.47. The smallest absolute Gasteiger partial charge is 0.409 e. The fourth-order valence-electron chi connectivity index (χ4n) is 7.47. The van der Waals surface area contributed by atoms with Gasteiger partial charge in [0, 0.05) is 27.2 Å². The van der Waals surface area contributed by atoms with E-state index in [0.29, 0.717) is 50.4 Å². The molecule has 310 valence electrons. The first-order valence-electron chi connectivity index (χ1n) is 19.8. The van der Waals surface area contributed by atoms with Crippen LogP contribution in [0.3, 0.4) is 0 Å². The van der Waals surface area contributed by atoms with E-state index in [1.54, 1.807) is 26.5 Å². The Morgan fingerprint density at radius 3 is 1.21 bits per heavy atom. The van der Waals surface area contributed by atoms with Gasteiger partial charge in [-0.1, -0.05) is 90.1 Å². The van der Waals surface area contributed by atoms with E-state index in [0.717, 1.165) is 33.6 Å². The highest BCUT2D eigenvalue weighted by molar-refractivity contribution is 5.87. The second-order valence-corrected chi connectivity index (χ2v) is 18.3. The number of nitrogens with one attached hydrogen (secondary N) is 4. The molecule has 0 aliphatic heterocycles. The summed E-state index contributed by atoms with van der Waals surface area (Å²) in [6.07, 6.45) is 5.50. The number of imidazole rings is 2. The number of methoxy groups -OCH3 is 2. The Bertz CT molecular complexity index is 1970. The molecule has 2 saturated carbocycles. The SMILES string of the molecule is COC(=O)N(C)CC1(C(=O)N[C@H](c2ncc(-c3ccc(-c4ccc(-c5cnc([C@@H](NC(=O)C6(CN(C)C(=O)OC)CC6)C(C)(C)C)[nH]5)cc4)cc3)[nH]2)C(C)(C)C)CC1. The lowest BCUT2D eigenvalue weighted by atomic mass is 9.85. The predicted octanol–water partition coefficient (Wildman–Crippen LogP) is 7.50. The van der Waals surface area contributed by atoms with Crippen LogP contribution in [0.2, 0.25) is 0 Å². The van der Waals surface area contributed by atoms with E-state index < -0.39 is 23.0 Å². The van der Waals surface area contributed by atoms with Crippen LogP contribution in [0, 0.1) is 21.7 Å². The zero-order valence-corrected chi connectivity index (χ0v) is 35.4. The molecule has 14 heteroatoms. The maximum Gasteiger partial charge on any atom is 0.409 e. The van der Waals surface area contributed by atoms with Crippen molar-refractivity contribution in [3.05, 3.63) is 72.6 Å². The highest BCUT2D eigenvalue weighted by atomic mass is 16.5. The van der Waals surface area contributed by atoms with Gasteiger partial charge in [0.05, 0.1) is 60.9 Å². The normalized spacial score (nSPS) is 16.4. The third-order valence-corrected chi connectivity index (χ3v) is 11.5. The number of nitrogens with zero attached hydrogens (tertiary/aromatic N) is 4. The first kappa shape index (κ1) is 42.0. The number of hydrogen-bond acceptors (Lipinski definition) is 8. The van der Waals surface area contributed by atoms with Gasteiger partial charge in [-0.05, 0) is 58.8 Å². The molecular weight excluding hydrogens is 737 g/mol. The van der Waals surface area contributed by atoms with Crippen LogP contribution >= 0.6 is 0 Å². The molecule has 0 saturated heterocycles. The quantitative estimate of drug-likeness (QED) is 0.108. The van der Waals surface area contributed by atoms with E-state index in [2.05, 4.69) is 111 Å². The molecule has 0 spiro atoms. The summed E-state index contributed by atoms with van der Waals surface area (Å²) < 4.78 is 9.67. The molecule has 14 nitrogen and oxygen atoms in total. The molecule has 2 aromatic carbocycles. The van der Waals surface area contributed by atoms with Crippen molar-refractivity contribution in [2.75, 3.05) is 41.4 Å². The number of H-pyrrole nitrogens is 2. The van der Waals surface area contributed by atoms with Gasteiger partial charge in [-0.25, -0.2) is 19.6 Å². The minimum Gasteiger partial charge on any atom is -0.453 e. The number of ether oxygens (including phenoxy) is 2. The maximum absolute atomic E-state index is 13.6. The van der Waals surface area contributed by atoms with Crippen LogP contribution in [0.4, 0.5) is 9.59 Å². The van der Waals surface area contributed by atoms with Crippen LogP contribution in [0.25, 0.3) is 33.6 Å². The summed E-state index contributed by atoms with van der Waals surface area (Å²) in [5.41, 5.74) is 3.78. The number of benzene rings is 2. The number of rotatable bonds is 13.